The van der Waals surface area contributed by atoms with E-state index in [1.54, 1.807) is 0 Å². The number of primary amides is 1. The van der Waals surface area contributed by atoms with E-state index in [0.717, 1.165) is 27.4 Å². The van der Waals surface area contributed by atoms with E-state index in [-0.39, 0.29) is 5.91 Å². The third kappa shape index (κ3) is 4.30. The van der Waals surface area contributed by atoms with Gasteiger partial charge in [-0.25, -0.2) is 0 Å². The van der Waals surface area contributed by atoms with Gasteiger partial charge in [-0.15, -0.1) is 0 Å². The summed E-state index contributed by atoms with van der Waals surface area (Å²) in [7, 11) is 0. The molecular formula is C15H20Br2N2O. The van der Waals surface area contributed by atoms with Crippen LogP contribution in [0.2, 0.25) is 0 Å². The zero-order chi connectivity index (χ0) is 14.5. The minimum absolute atomic E-state index is 0.316. The topological polar surface area (TPSA) is 55.1 Å². The highest BCUT2D eigenvalue weighted by atomic mass is 79.9. The SMILES string of the molecule is NC(=O)C(NC1CCCCCC1)c1ccc(Br)c(Br)c1. The van der Waals surface area contributed by atoms with Crippen LogP contribution in [0, 0.1) is 0 Å². The summed E-state index contributed by atoms with van der Waals surface area (Å²) >= 11 is 6.92. The highest BCUT2D eigenvalue weighted by molar-refractivity contribution is 9.13. The van der Waals surface area contributed by atoms with Crippen LogP contribution in [0.5, 0.6) is 0 Å². The number of carbonyl (C=O) groups is 1. The molecule has 0 radical (unpaired) electrons. The van der Waals surface area contributed by atoms with Gasteiger partial charge in [-0.2, -0.15) is 0 Å². The van der Waals surface area contributed by atoms with Crippen LogP contribution in [0.4, 0.5) is 0 Å². The van der Waals surface area contributed by atoms with Crippen molar-refractivity contribution in [3.05, 3.63) is 32.7 Å². The van der Waals surface area contributed by atoms with Crippen molar-refractivity contribution >= 4 is 37.8 Å². The van der Waals surface area contributed by atoms with Crippen molar-refractivity contribution in [1.82, 2.24) is 5.32 Å². The van der Waals surface area contributed by atoms with Gasteiger partial charge in [0, 0.05) is 15.0 Å². The maximum atomic E-state index is 11.8. The molecule has 3 nitrogen and oxygen atoms in total. The van der Waals surface area contributed by atoms with Gasteiger partial charge in [0.25, 0.3) is 0 Å². The van der Waals surface area contributed by atoms with E-state index in [1.165, 1.54) is 25.7 Å². The molecule has 0 aliphatic heterocycles. The number of rotatable bonds is 4. The van der Waals surface area contributed by atoms with Gasteiger partial charge >= 0.3 is 0 Å². The Labute approximate surface area is 136 Å². The van der Waals surface area contributed by atoms with Crippen molar-refractivity contribution in [2.75, 3.05) is 0 Å². The minimum atomic E-state index is -0.414. The molecule has 0 bridgehead atoms. The number of nitrogens with one attached hydrogen (secondary N) is 1. The third-order valence-corrected chi connectivity index (χ3v) is 5.70. The molecule has 2 rings (SSSR count). The van der Waals surface area contributed by atoms with Crippen molar-refractivity contribution in [3.8, 4) is 0 Å². The van der Waals surface area contributed by atoms with Crippen LogP contribution in [0.3, 0.4) is 0 Å². The van der Waals surface area contributed by atoms with Gasteiger partial charge in [0.2, 0.25) is 5.91 Å². The molecule has 1 aromatic carbocycles. The summed E-state index contributed by atoms with van der Waals surface area (Å²) < 4.78 is 1.91. The van der Waals surface area contributed by atoms with Crippen LogP contribution in [0.15, 0.2) is 27.1 Å². The maximum absolute atomic E-state index is 11.8. The molecule has 110 valence electrons. The minimum Gasteiger partial charge on any atom is -0.368 e. The fourth-order valence-corrected chi connectivity index (χ4v) is 3.36. The number of amides is 1. The van der Waals surface area contributed by atoms with Crippen molar-refractivity contribution in [2.24, 2.45) is 5.73 Å². The highest BCUT2D eigenvalue weighted by Crippen LogP contribution is 2.27. The smallest absolute Gasteiger partial charge is 0.239 e. The highest BCUT2D eigenvalue weighted by Gasteiger charge is 2.23. The maximum Gasteiger partial charge on any atom is 0.239 e. The predicted molar refractivity (Wildman–Crippen MR) is 88.4 cm³/mol. The second-order valence-corrected chi connectivity index (χ2v) is 7.07. The fraction of sp³-hybridized carbons (Fsp3) is 0.533. The molecule has 0 aromatic heterocycles. The number of hydrogen-bond acceptors (Lipinski definition) is 2. The van der Waals surface area contributed by atoms with Gasteiger partial charge in [-0.1, -0.05) is 31.7 Å². The first-order valence-electron chi connectivity index (χ1n) is 7.08. The van der Waals surface area contributed by atoms with Crippen LogP contribution in [-0.4, -0.2) is 11.9 Å². The number of benzene rings is 1. The Balaban J connectivity index is 2.13. The molecule has 1 saturated carbocycles. The molecule has 3 N–H and O–H groups in total. The lowest BCUT2D eigenvalue weighted by molar-refractivity contribution is -0.120. The molecule has 1 aromatic rings. The van der Waals surface area contributed by atoms with Crippen LogP contribution in [0.1, 0.15) is 50.1 Å². The van der Waals surface area contributed by atoms with Gasteiger partial charge in [0.05, 0.1) is 0 Å². The molecule has 1 amide bonds. The summed E-state index contributed by atoms with van der Waals surface area (Å²) in [5.74, 6) is -0.316. The van der Waals surface area contributed by atoms with E-state index >= 15 is 0 Å². The molecule has 5 heteroatoms. The van der Waals surface area contributed by atoms with Crippen molar-refractivity contribution in [3.63, 3.8) is 0 Å². The first kappa shape index (κ1) is 16.0. The van der Waals surface area contributed by atoms with Gasteiger partial charge in [-0.05, 0) is 62.4 Å². The van der Waals surface area contributed by atoms with E-state index < -0.39 is 6.04 Å². The van der Waals surface area contributed by atoms with Crippen LogP contribution in [-0.2, 0) is 4.79 Å². The van der Waals surface area contributed by atoms with Crippen LogP contribution in [0.25, 0.3) is 0 Å². The third-order valence-electron chi connectivity index (χ3n) is 3.82. The molecule has 1 unspecified atom stereocenters. The standard InChI is InChI=1S/C15H20Br2N2O/c16-12-8-7-10(9-13(12)17)14(15(18)20)19-11-5-3-1-2-4-6-11/h7-9,11,14,19H,1-6H2,(H2,18,20). The average molecular weight is 404 g/mol. The normalized spacial score (nSPS) is 18.5. The molecule has 1 atom stereocenters. The van der Waals surface area contributed by atoms with Gasteiger partial charge < -0.3 is 5.73 Å². The Morgan fingerprint density at radius 2 is 1.80 bits per heavy atom. The molecule has 1 aliphatic rings. The van der Waals surface area contributed by atoms with Crippen molar-refractivity contribution in [1.29, 1.82) is 0 Å². The van der Waals surface area contributed by atoms with Gasteiger partial charge in [0.15, 0.2) is 0 Å². The monoisotopic (exact) mass is 402 g/mol. The zero-order valence-electron chi connectivity index (χ0n) is 11.4. The van der Waals surface area contributed by atoms with E-state index in [1.807, 2.05) is 18.2 Å². The van der Waals surface area contributed by atoms with E-state index in [4.69, 9.17) is 5.73 Å². The number of nitrogens with two attached hydrogens (primary N) is 1. The van der Waals surface area contributed by atoms with E-state index in [0.29, 0.717) is 6.04 Å². The second kappa shape index (κ2) is 7.57. The van der Waals surface area contributed by atoms with E-state index in [2.05, 4.69) is 37.2 Å². The lowest BCUT2D eigenvalue weighted by Gasteiger charge is -2.23. The summed E-state index contributed by atoms with van der Waals surface area (Å²) in [6, 6.07) is 5.79. The summed E-state index contributed by atoms with van der Waals surface area (Å²) in [6.45, 7) is 0. The zero-order valence-corrected chi connectivity index (χ0v) is 14.5. The molecule has 1 aliphatic carbocycles. The van der Waals surface area contributed by atoms with E-state index in [9.17, 15) is 4.79 Å². The molecule has 0 spiro atoms. The van der Waals surface area contributed by atoms with Crippen molar-refractivity contribution < 1.29 is 4.79 Å². The first-order chi connectivity index (χ1) is 9.58. The average Bonchev–Trinajstić information content (AvgIpc) is 2.67. The largest absolute Gasteiger partial charge is 0.368 e. The number of halogens is 2. The molecule has 0 saturated heterocycles. The first-order valence-corrected chi connectivity index (χ1v) is 8.67. The number of hydrogen-bond donors (Lipinski definition) is 2. The summed E-state index contributed by atoms with van der Waals surface area (Å²) in [4.78, 5) is 11.8. The molecule has 1 fully saturated rings. The Morgan fingerprint density at radius 1 is 1.15 bits per heavy atom. The summed E-state index contributed by atoms with van der Waals surface area (Å²) in [5, 5.41) is 3.45. The quantitative estimate of drug-likeness (QED) is 0.745. The summed E-state index contributed by atoms with van der Waals surface area (Å²) in [6.07, 6.45) is 7.30. The Hall–Kier alpha value is -0.390. The molecule has 20 heavy (non-hydrogen) atoms. The second-order valence-electron chi connectivity index (χ2n) is 5.36. The molecule has 0 heterocycles. The van der Waals surface area contributed by atoms with Crippen LogP contribution < -0.4 is 11.1 Å². The fourth-order valence-electron chi connectivity index (χ4n) is 2.72. The lowest BCUT2D eigenvalue weighted by Crippen LogP contribution is -2.39. The lowest BCUT2D eigenvalue weighted by atomic mass is 10.0. The predicted octanol–water partition coefficient (Wildman–Crippen LogP) is 4.05. The summed E-state index contributed by atoms with van der Waals surface area (Å²) in [5.41, 5.74) is 6.50. The number of carbonyl (C=O) groups excluding carboxylic acids is 1. The molecular weight excluding hydrogens is 384 g/mol. The van der Waals surface area contributed by atoms with Gasteiger partial charge in [0.1, 0.15) is 6.04 Å². The Kier molecular flexibility index (Phi) is 6.05. The van der Waals surface area contributed by atoms with Crippen LogP contribution >= 0.6 is 31.9 Å². The van der Waals surface area contributed by atoms with Gasteiger partial charge in [-0.3, -0.25) is 10.1 Å². The Morgan fingerprint density at radius 3 is 2.35 bits per heavy atom. The van der Waals surface area contributed by atoms with Crippen molar-refractivity contribution in [2.45, 2.75) is 50.6 Å². The Bertz CT molecular complexity index is 471.